The van der Waals surface area contributed by atoms with E-state index in [2.05, 4.69) is 0 Å². The molecular formula is C4H7NO2S2. The van der Waals surface area contributed by atoms with Gasteiger partial charge in [0, 0.05) is 6.92 Å². The molecule has 0 fully saturated rings. The SMILES string of the molecule is CC(=O)SSCC(N)=O. The van der Waals surface area contributed by atoms with Gasteiger partial charge in [-0.3, -0.25) is 9.59 Å². The normalized spacial score (nSPS) is 9.00. The molecule has 0 aromatic heterocycles. The zero-order valence-corrected chi connectivity index (χ0v) is 6.55. The van der Waals surface area contributed by atoms with Crippen molar-refractivity contribution in [2.24, 2.45) is 5.73 Å². The van der Waals surface area contributed by atoms with Crippen LogP contribution in [-0.2, 0) is 9.59 Å². The lowest BCUT2D eigenvalue weighted by Crippen LogP contribution is -2.12. The Kier molecular flexibility index (Phi) is 4.61. The highest BCUT2D eigenvalue weighted by atomic mass is 33.1. The average Bonchev–Trinajstić information content (AvgIpc) is 1.63. The van der Waals surface area contributed by atoms with E-state index >= 15 is 0 Å². The lowest BCUT2D eigenvalue weighted by molar-refractivity contribution is -0.115. The monoisotopic (exact) mass is 165 g/mol. The minimum Gasteiger partial charge on any atom is -0.369 e. The molecule has 3 nitrogen and oxygen atoms in total. The first-order valence-electron chi connectivity index (χ1n) is 2.21. The summed E-state index contributed by atoms with van der Waals surface area (Å²) in [5.41, 5.74) is 4.79. The number of carbonyl (C=O) groups is 2. The van der Waals surface area contributed by atoms with Crippen LogP contribution in [0.15, 0.2) is 0 Å². The Hall–Kier alpha value is -0.160. The summed E-state index contributed by atoms with van der Waals surface area (Å²) in [5.74, 6) is -0.196. The molecule has 0 atom stereocenters. The summed E-state index contributed by atoms with van der Waals surface area (Å²) in [5, 5.41) is -0.0127. The van der Waals surface area contributed by atoms with Gasteiger partial charge in [-0.2, -0.15) is 0 Å². The van der Waals surface area contributed by atoms with Gasteiger partial charge in [0.15, 0.2) is 5.12 Å². The number of nitrogens with two attached hydrogens (primary N) is 1. The van der Waals surface area contributed by atoms with Crippen molar-refractivity contribution < 1.29 is 9.59 Å². The molecule has 0 aromatic rings. The number of hydrogen-bond donors (Lipinski definition) is 1. The molecule has 0 aromatic carbocycles. The van der Waals surface area contributed by atoms with E-state index in [-0.39, 0.29) is 10.9 Å². The maximum absolute atomic E-state index is 10.2. The number of rotatable bonds is 3. The fourth-order valence-electron chi connectivity index (χ4n) is 0.171. The van der Waals surface area contributed by atoms with Crippen molar-refractivity contribution >= 4 is 32.6 Å². The molecular weight excluding hydrogens is 158 g/mol. The number of amides is 1. The first kappa shape index (κ1) is 8.84. The van der Waals surface area contributed by atoms with Crippen molar-refractivity contribution in [2.75, 3.05) is 5.75 Å². The summed E-state index contributed by atoms with van der Waals surface area (Å²) in [6, 6.07) is 0. The fourth-order valence-corrected chi connectivity index (χ4v) is 1.53. The largest absolute Gasteiger partial charge is 0.369 e. The van der Waals surface area contributed by atoms with Crippen LogP contribution in [0.3, 0.4) is 0 Å². The molecule has 1 amide bonds. The van der Waals surface area contributed by atoms with Crippen LogP contribution < -0.4 is 5.73 Å². The first-order valence-corrected chi connectivity index (χ1v) is 4.53. The molecule has 52 valence electrons. The van der Waals surface area contributed by atoms with Crippen LogP contribution in [0.25, 0.3) is 0 Å². The van der Waals surface area contributed by atoms with E-state index in [1.54, 1.807) is 0 Å². The Morgan fingerprint density at radius 3 is 2.44 bits per heavy atom. The minimum absolute atomic E-state index is 0.0127. The van der Waals surface area contributed by atoms with E-state index in [4.69, 9.17) is 5.73 Å². The minimum atomic E-state index is -0.395. The molecule has 2 N–H and O–H groups in total. The van der Waals surface area contributed by atoms with Crippen molar-refractivity contribution in [1.82, 2.24) is 0 Å². The summed E-state index contributed by atoms with van der Waals surface area (Å²) in [6.07, 6.45) is 0. The van der Waals surface area contributed by atoms with Gasteiger partial charge in [0.2, 0.25) is 5.91 Å². The third-order valence-electron chi connectivity index (χ3n) is 0.377. The third kappa shape index (κ3) is 7.84. The second-order valence-electron chi connectivity index (χ2n) is 1.30. The molecule has 0 rings (SSSR count). The lowest BCUT2D eigenvalue weighted by Gasteiger charge is -1.89. The highest BCUT2D eigenvalue weighted by Gasteiger charge is 1.97. The molecule has 0 unspecified atom stereocenters. The maximum atomic E-state index is 10.2. The second-order valence-corrected chi connectivity index (χ2v) is 3.78. The summed E-state index contributed by atoms with van der Waals surface area (Å²) in [7, 11) is 2.20. The van der Waals surface area contributed by atoms with Gasteiger partial charge in [-0.05, 0) is 10.8 Å². The van der Waals surface area contributed by atoms with Crippen LogP contribution >= 0.6 is 21.6 Å². The second kappa shape index (κ2) is 4.69. The van der Waals surface area contributed by atoms with Crippen molar-refractivity contribution in [3.8, 4) is 0 Å². The molecule has 0 heterocycles. The molecule has 0 aliphatic carbocycles. The van der Waals surface area contributed by atoms with E-state index in [9.17, 15) is 9.59 Å². The molecule has 9 heavy (non-hydrogen) atoms. The number of carbonyl (C=O) groups excluding carboxylic acids is 2. The molecule has 0 radical (unpaired) electrons. The predicted octanol–water partition coefficient (Wildman–Crippen LogP) is 0.400. The van der Waals surface area contributed by atoms with Gasteiger partial charge in [0.05, 0.1) is 5.75 Å². The number of primary amides is 1. The molecule has 0 saturated heterocycles. The van der Waals surface area contributed by atoms with Gasteiger partial charge >= 0.3 is 0 Å². The van der Waals surface area contributed by atoms with Crippen LogP contribution in [0.4, 0.5) is 0 Å². The van der Waals surface area contributed by atoms with E-state index in [0.717, 1.165) is 21.6 Å². The molecule has 5 heteroatoms. The van der Waals surface area contributed by atoms with Crippen molar-refractivity contribution in [2.45, 2.75) is 6.92 Å². The van der Waals surface area contributed by atoms with E-state index in [1.165, 1.54) is 6.92 Å². The Balaban J connectivity index is 3.10. The summed E-state index contributed by atoms with van der Waals surface area (Å²) in [4.78, 5) is 20.3. The molecule has 0 aliphatic heterocycles. The summed E-state index contributed by atoms with van der Waals surface area (Å²) < 4.78 is 0. The van der Waals surface area contributed by atoms with Crippen LogP contribution in [0.2, 0.25) is 0 Å². The average molecular weight is 165 g/mol. The van der Waals surface area contributed by atoms with Crippen LogP contribution in [0.5, 0.6) is 0 Å². The summed E-state index contributed by atoms with van der Waals surface area (Å²) in [6.45, 7) is 1.44. The highest BCUT2D eigenvalue weighted by Crippen LogP contribution is 2.20. The van der Waals surface area contributed by atoms with Gasteiger partial charge in [-0.25, -0.2) is 0 Å². The van der Waals surface area contributed by atoms with Gasteiger partial charge < -0.3 is 5.73 Å². The van der Waals surface area contributed by atoms with Crippen molar-refractivity contribution in [3.05, 3.63) is 0 Å². The van der Waals surface area contributed by atoms with Gasteiger partial charge in [-0.15, -0.1) is 0 Å². The zero-order chi connectivity index (χ0) is 7.28. The zero-order valence-electron chi connectivity index (χ0n) is 4.92. The maximum Gasteiger partial charge on any atom is 0.228 e. The van der Waals surface area contributed by atoms with Crippen LogP contribution in [0, 0.1) is 0 Å². The van der Waals surface area contributed by atoms with E-state index in [0.29, 0.717) is 0 Å². The summed E-state index contributed by atoms with van der Waals surface area (Å²) >= 11 is 0. The number of hydrogen-bond acceptors (Lipinski definition) is 4. The Labute approximate surface area is 61.1 Å². The fraction of sp³-hybridized carbons (Fsp3) is 0.500. The van der Waals surface area contributed by atoms with Crippen molar-refractivity contribution in [1.29, 1.82) is 0 Å². The lowest BCUT2D eigenvalue weighted by atomic mass is 10.8. The van der Waals surface area contributed by atoms with E-state index in [1.807, 2.05) is 0 Å². The van der Waals surface area contributed by atoms with E-state index < -0.39 is 5.91 Å². The smallest absolute Gasteiger partial charge is 0.228 e. The molecule has 0 bridgehead atoms. The highest BCUT2D eigenvalue weighted by molar-refractivity contribution is 8.82. The van der Waals surface area contributed by atoms with Gasteiger partial charge in [0.25, 0.3) is 0 Å². The third-order valence-corrected chi connectivity index (χ3v) is 2.54. The first-order chi connectivity index (χ1) is 4.13. The Morgan fingerprint density at radius 2 is 2.11 bits per heavy atom. The molecule has 0 saturated carbocycles. The van der Waals surface area contributed by atoms with Crippen molar-refractivity contribution in [3.63, 3.8) is 0 Å². The standard InChI is InChI=1S/C4H7NO2S2/c1-3(6)9-8-2-4(5)7/h2H2,1H3,(H2,5,7). The molecule has 0 aliphatic rings. The molecule has 0 spiro atoms. The van der Waals surface area contributed by atoms with Gasteiger partial charge in [-0.1, -0.05) is 10.8 Å². The Morgan fingerprint density at radius 1 is 1.56 bits per heavy atom. The topological polar surface area (TPSA) is 60.2 Å². The van der Waals surface area contributed by atoms with Crippen LogP contribution in [0.1, 0.15) is 6.92 Å². The van der Waals surface area contributed by atoms with Crippen LogP contribution in [-0.4, -0.2) is 16.8 Å². The Bertz CT molecular complexity index is 112. The quantitative estimate of drug-likeness (QED) is 0.615. The predicted molar refractivity (Wildman–Crippen MR) is 39.9 cm³/mol. The van der Waals surface area contributed by atoms with Gasteiger partial charge in [0.1, 0.15) is 0 Å².